The van der Waals surface area contributed by atoms with E-state index in [1.54, 1.807) is 6.92 Å². The topological polar surface area (TPSA) is 115 Å². The quantitative estimate of drug-likeness (QED) is 0.491. The molecule has 1 aliphatic rings. The van der Waals surface area contributed by atoms with Crippen LogP contribution in [0.1, 0.15) is 18.5 Å². The number of urea groups is 1. The van der Waals surface area contributed by atoms with Crippen molar-refractivity contribution < 1.29 is 33.6 Å². The van der Waals surface area contributed by atoms with Gasteiger partial charge in [-0.2, -0.15) is 0 Å². The maximum atomic E-state index is 12.5. The van der Waals surface area contributed by atoms with Crippen molar-refractivity contribution in [1.82, 2.24) is 10.6 Å². The molecule has 0 bridgehead atoms. The molecule has 2 amide bonds. The lowest BCUT2D eigenvalue weighted by molar-refractivity contribution is -0.140. The molecule has 1 atom stereocenters. The van der Waals surface area contributed by atoms with Crippen LogP contribution in [0.15, 0.2) is 23.4 Å². The lowest BCUT2D eigenvalue weighted by Gasteiger charge is -2.28. The maximum absolute atomic E-state index is 12.5. The lowest BCUT2D eigenvalue weighted by Crippen LogP contribution is -2.45. The first-order chi connectivity index (χ1) is 12.4. The summed E-state index contributed by atoms with van der Waals surface area (Å²) in [6.45, 7) is 1.94. The number of carbonyl (C=O) groups is 2. The number of aromatic hydroxyl groups is 1. The number of rotatable bonds is 7. The van der Waals surface area contributed by atoms with E-state index in [2.05, 4.69) is 10.6 Å². The highest BCUT2D eigenvalue weighted by molar-refractivity contribution is 5.95. The van der Waals surface area contributed by atoms with E-state index in [9.17, 15) is 14.7 Å². The molecule has 9 nitrogen and oxygen atoms in total. The van der Waals surface area contributed by atoms with Gasteiger partial charge in [0.1, 0.15) is 6.61 Å². The fourth-order valence-electron chi connectivity index (χ4n) is 2.59. The molecule has 0 saturated carbocycles. The van der Waals surface area contributed by atoms with Gasteiger partial charge in [-0.05, 0) is 24.6 Å². The first kappa shape index (κ1) is 19.4. The third-order valence-electron chi connectivity index (χ3n) is 3.85. The summed E-state index contributed by atoms with van der Waals surface area (Å²) in [4.78, 5) is 24.4. The Hall–Kier alpha value is -2.94. The minimum Gasteiger partial charge on any atom is -0.502 e. The van der Waals surface area contributed by atoms with E-state index >= 15 is 0 Å². The van der Waals surface area contributed by atoms with Crippen molar-refractivity contribution in [2.75, 3.05) is 34.5 Å². The minimum absolute atomic E-state index is 0.0784. The first-order valence-corrected chi connectivity index (χ1v) is 7.82. The molecule has 26 heavy (non-hydrogen) atoms. The van der Waals surface area contributed by atoms with Gasteiger partial charge in [0.05, 0.1) is 32.4 Å². The number of hydrogen-bond donors (Lipinski definition) is 3. The van der Waals surface area contributed by atoms with Gasteiger partial charge in [-0.3, -0.25) is 0 Å². The van der Waals surface area contributed by atoms with Crippen molar-refractivity contribution in [3.8, 4) is 17.2 Å². The number of ether oxygens (including phenoxy) is 4. The van der Waals surface area contributed by atoms with Gasteiger partial charge in [-0.1, -0.05) is 0 Å². The summed E-state index contributed by atoms with van der Waals surface area (Å²) in [5.41, 5.74) is 1.09. The number of esters is 1. The molecule has 0 aromatic heterocycles. The number of methoxy groups -OCH3 is 3. The monoisotopic (exact) mass is 366 g/mol. The van der Waals surface area contributed by atoms with E-state index in [0.717, 1.165) is 0 Å². The van der Waals surface area contributed by atoms with Crippen LogP contribution in [0.2, 0.25) is 0 Å². The van der Waals surface area contributed by atoms with Gasteiger partial charge in [0.25, 0.3) is 0 Å². The van der Waals surface area contributed by atoms with Crippen LogP contribution < -0.4 is 20.1 Å². The zero-order valence-electron chi connectivity index (χ0n) is 15.0. The highest BCUT2D eigenvalue weighted by Gasteiger charge is 2.33. The molecule has 0 spiro atoms. The van der Waals surface area contributed by atoms with Gasteiger partial charge in [0, 0.05) is 12.8 Å². The molecule has 0 saturated heterocycles. The third kappa shape index (κ3) is 3.99. The predicted octanol–water partition coefficient (Wildman–Crippen LogP) is 1.23. The van der Waals surface area contributed by atoms with Gasteiger partial charge in [0.2, 0.25) is 5.75 Å². The summed E-state index contributed by atoms with van der Waals surface area (Å²) in [5, 5.41) is 15.3. The second kappa shape index (κ2) is 8.43. The van der Waals surface area contributed by atoms with Crippen molar-refractivity contribution >= 4 is 12.0 Å². The van der Waals surface area contributed by atoms with E-state index in [-0.39, 0.29) is 36.0 Å². The van der Waals surface area contributed by atoms with E-state index in [0.29, 0.717) is 11.3 Å². The Morgan fingerprint density at radius 3 is 2.31 bits per heavy atom. The average molecular weight is 366 g/mol. The molecule has 9 heteroatoms. The zero-order valence-corrected chi connectivity index (χ0v) is 15.0. The molecular formula is C17H22N2O7. The molecule has 1 aliphatic heterocycles. The largest absolute Gasteiger partial charge is 0.502 e. The lowest BCUT2D eigenvalue weighted by atomic mass is 9.95. The van der Waals surface area contributed by atoms with Gasteiger partial charge in [-0.25, -0.2) is 9.59 Å². The van der Waals surface area contributed by atoms with Crippen LogP contribution in [0.4, 0.5) is 4.79 Å². The van der Waals surface area contributed by atoms with Crippen molar-refractivity contribution in [2.45, 2.75) is 13.0 Å². The van der Waals surface area contributed by atoms with E-state index in [4.69, 9.17) is 18.9 Å². The van der Waals surface area contributed by atoms with E-state index in [1.807, 2.05) is 0 Å². The minimum atomic E-state index is -0.804. The Bertz CT molecular complexity index is 705. The Morgan fingerprint density at radius 1 is 1.15 bits per heavy atom. The number of hydrogen-bond acceptors (Lipinski definition) is 7. The van der Waals surface area contributed by atoms with Crippen LogP contribution in [-0.4, -0.2) is 51.7 Å². The van der Waals surface area contributed by atoms with Gasteiger partial charge in [0.15, 0.2) is 11.5 Å². The second-order valence-corrected chi connectivity index (χ2v) is 5.47. The van der Waals surface area contributed by atoms with Gasteiger partial charge < -0.3 is 34.7 Å². The Kier molecular flexibility index (Phi) is 6.29. The molecule has 1 aromatic carbocycles. The number of phenols is 1. The van der Waals surface area contributed by atoms with Crippen molar-refractivity contribution in [3.63, 3.8) is 0 Å². The molecule has 0 unspecified atom stereocenters. The maximum Gasteiger partial charge on any atom is 0.338 e. The fraction of sp³-hybridized carbons (Fsp3) is 0.412. The number of phenolic OH excluding ortho intramolecular Hbond substituents is 1. The number of carbonyl (C=O) groups excluding carboxylic acids is 2. The van der Waals surface area contributed by atoms with Crippen molar-refractivity contribution in [2.24, 2.45) is 0 Å². The molecule has 0 aliphatic carbocycles. The van der Waals surface area contributed by atoms with Crippen molar-refractivity contribution in [1.29, 1.82) is 0 Å². The number of nitrogens with one attached hydrogen (secondary N) is 2. The molecule has 142 valence electrons. The Labute approximate surface area is 150 Å². The van der Waals surface area contributed by atoms with Crippen LogP contribution in [0.25, 0.3) is 0 Å². The summed E-state index contributed by atoms with van der Waals surface area (Å²) >= 11 is 0. The number of amides is 2. The first-order valence-electron chi connectivity index (χ1n) is 7.82. The van der Waals surface area contributed by atoms with Crippen LogP contribution >= 0.6 is 0 Å². The van der Waals surface area contributed by atoms with Gasteiger partial charge in [-0.15, -0.1) is 0 Å². The van der Waals surface area contributed by atoms with Crippen molar-refractivity contribution in [3.05, 3.63) is 29.0 Å². The second-order valence-electron chi connectivity index (χ2n) is 5.47. The molecule has 0 fully saturated rings. The SMILES string of the molecule is COCCOC(=O)C1=C(C)NC(=O)N[C@@H]1c1cc(OC)c(O)c(OC)c1. The van der Waals surface area contributed by atoms with Crippen LogP contribution in [0, 0.1) is 0 Å². The van der Waals surface area contributed by atoms with Crippen LogP contribution in [0.3, 0.4) is 0 Å². The summed E-state index contributed by atoms with van der Waals surface area (Å²) in [6.07, 6.45) is 0. The highest BCUT2D eigenvalue weighted by atomic mass is 16.6. The van der Waals surface area contributed by atoms with Crippen LogP contribution in [0.5, 0.6) is 17.2 Å². The van der Waals surface area contributed by atoms with Gasteiger partial charge >= 0.3 is 12.0 Å². The Balaban J connectivity index is 2.45. The zero-order chi connectivity index (χ0) is 19.3. The predicted molar refractivity (Wildman–Crippen MR) is 91.2 cm³/mol. The van der Waals surface area contributed by atoms with E-state index < -0.39 is 18.0 Å². The molecule has 1 aromatic rings. The summed E-state index contributed by atoms with van der Waals surface area (Å²) in [6, 6.07) is 1.77. The average Bonchev–Trinajstić information content (AvgIpc) is 2.61. The highest BCUT2D eigenvalue weighted by Crippen LogP contribution is 2.40. The van der Waals surface area contributed by atoms with E-state index in [1.165, 1.54) is 33.5 Å². The molecule has 0 radical (unpaired) electrons. The summed E-state index contributed by atoms with van der Waals surface area (Å²) in [5.74, 6) is -0.472. The standard InChI is InChI=1S/C17H22N2O7/c1-9-13(16(21)26-6-5-23-2)14(19-17(22)18-9)10-7-11(24-3)15(20)12(8-10)25-4/h7-8,14,20H,5-6H2,1-4H3,(H2,18,19,22)/t14-/m1/s1. The number of allylic oxidation sites excluding steroid dienone is 1. The normalized spacial score (nSPS) is 16.6. The molecule has 2 rings (SSSR count). The fourth-order valence-corrected chi connectivity index (χ4v) is 2.59. The Morgan fingerprint density at radius 2 is 1.77 bits per heavy atom. The number of benzene rings is 1. The molecule has 1 heterocycles. The third-order valence-corrected chi connectivity index (χ3v) is 3.85. The van der Waals surface area contributed by atoms with Crippen LogP contribution in [-0.2, 0) is 14.3 Å². The molecular weight excluding hydrogens is 344 g/mol. The molecule has 3 N–H and O–H groups in total. The summed E-state index contributed by atoms with van der Waals surface area (Å²) in [7, 11) is 4.28. The smallest absolute Gasteiger partial charge is 0.338 e. The summed E-state index contributed by atoms with van der Waals surface area (Å²) < 4.78 is 20.3.